The Morgan fingerprint density at radius 1 is 0.500 bits per heavy atom. The molecule has 8 heteroatoms. The molecule has 2 aliphatic rings. The van der Waals surface area contributed by atoms with Crippen molar-refractivity contribution in [1.29, 1.82) is 0 Å². The van der Waals surface area contributed by atoms with E-state index in [4.69, 9.17) is 27.1 Å². The Kier molecular flexibility index (Phi) is 8.09. The first kappa shape index (κ1) is 29.5. The second-order valence-corrected chi connectivity index (χ2v) is 14.6. The minimum atomic E-state index is -1.73. The fourth-order valence-corrected chi connectivity index (χ4v) is 7.97. The Morgan fingerprint density at radius 3 is 1.18 bits per heavy atom. The third-order valence-electron chi connectivity index (χ3n) is 8.80. The zero-order valence-corrected chi connectivity index (χ0v) is 26.4. The maximum absolute atomic E-state index is 6.52. The largest absolute Gasteiger partial charge is 0.423 e. The Labute approximate surface area is 241 Å². The maximum atomic E-state index is 6.52. The number of hydrogen-bond donors (Lipinski definition) is 0. The molecule has 2 aliphatic heterocycles. The van der Waals surface area contributed by atoms with Crippen molar-refractivity contribution in [1.82, 2.24) is 0 Å². The summed E-state index contributed by atoms with van der Waals surface area (Å²) in [6, 6.07) is 28.0. The van der Waals surface area contributed by atoms with Crippen molar-refractivity contribution in [3.63, 3.8) is 0 Å². The summed E-state index contributed by atoms with van der Waals surface area (Å²) in [5.74, 6) is 1.04. The van der Waals surface area contributed by atoms with Crippen LogP contribution in [0.1, 0.15) is 78.7 Å². The Morgan fingerprint density at radius 2 is 0.825 bits per heavy atom. The van der Waals surface area contributed by atoms with Gasteiger partial charge in [0, 0.05) is 10.8 Å². The Hall–Kier alpha value is -2.04. The number of hydrogen-bond acceptors (Lipinski definition) is 6. The van der Waals surface area contributed by atoms with Crippen LogP contribution in [0.4, 0.5) is 0 Å². The quantitative estimate of drug-likeness (QED) is 0.270. The van der Waals surface area contributed by atoms with E-state index in [-0.39, 0.29) is 23.0 Å². The molecule has 5 rings (SSSR count). The van der Waals surface area contributed by atoms with Crippen LogP contribution in [0.5, 0.6) is 11.5 Å². The summed E-state index contributed by atoms with van der Waals surface area (Å²) in [4.78, 5) is 0. The van der Waals surface area contributed by atoms with Crippen molar-refractivity contribution in [2.45, 2.75) is 78.8 Å². The van der Waals surface area contributed by atoms with Crippen LogP contribution in [-0.2, 0) is 18.1 Å². The predicted molar refractivity (Wildman–Crippen MR) is 160 cm³/mol. The van der Waals surface area contributed by atoms with Crippen molar-refractivity contribution in [2.24, 2.45) is 10.8 Å². The molecule has 214 valence electrons. The second-order valence-electron chi connectivity index (χ2n) is 12.5. The number of para-hydroxylation sites is 2. The summed E-state index contributed by atoms with van der Waals surface area (Å²) in [5.41, 5.74) is 0.564. The van der Waals surface area contributed by atoms with Gasteiger partial charge in [-0.2, -0.15) is 0 Å². The van der Waals surface area contributed by atoms with E-state index in [1.165, 1.54) is 0 Å². The molecule has 6 nitrogen and oxygen atoms in total. The van der Waals surface area contributed by atoms with Gasteiger partial charge in [0.2, 0.25) is 0 Å². The molecule has 2 saturated heterocycles. The first-order chi connectivity index (χ1) is 18.8. The van der Waals surface area contributed by atoms with E-state index < -0.39 is 28.4 Å². The van der Waals surface area contributed by atoms with Gasteiger partial charge in [-0.05, 0) is 51.0 Å². The van der Waals surface area contributed by atoms with Crippen LogP contribution in [-0.4, -0.2) is 11.2 Å². The van der Waals surface area contributed by atoms with E-state index in [1.807, 2.05) is 60.7 Å². The molecule has 4 atom stereocenters. The summed E-state index contributed by atoms with van der Waals surface area (Å²) in [5, 5.41) is 0. The summed E-state index contributed by atoms with van der Waals surface area (Å²) in [6.45, 7) is 17.0. The van der Waals surface area contributed by atoms with Gasteiger partial charge >= 0.3 is 17.2 Å². The van der Waals surface area contributed by atoms with Crippen molar-refractivity contribution in [3.05, 3.63) is 96.1 Å². The third kappa shape index (κ3) is 5.55. The van der Waals surface area contributed by atoms with Crippen molar-refractivity contribution < 1.29 is 27.1 Å². The van der Waals surface area contributed by atoms with Gasteiger partial charge < -0.3 is 9.05 Å². The van der Waals surface area contributed by atoms with Gasteiger partial charge in [-0.1, -0.05) is 100 Å². The molecular weight excluding hydrogens is 542 g/mol. The Balaban J connectivity index is 1.38. The highest BCUT2D eigenvalue weighted by atomic mass is 31.2. The predicted octanol–water partition coefficient (Wildman–Crippen LogP) is 10.1. The minimum absolute atomic E-state index is 0.208. The monoisotopic (exact) mass is 582 g/mol. The van der Waals surface area contributed by atoms with Gasteiger partial charge in [0.05, 0.1) is 11.2 Å². The first-order valence-corrected chi connectivity index (χ1v) is 15.9. The van der Waals surface area contributed by atoms with Gasteiger partial charge in [0.25, 0.3) is 0 Å². The number of rotatable bonds is 6. The molecule has 2 fully saturated rings. The van der Waals surface area contributed by atoms with Crippen LogP contribution in [0.15, 0.2) is 84.9 Å². The van der Waals surface area contributed by atoms with Crippen molar-refractivity contribution in [2.75, 3.05) is 0 Å². The van der Waals surface area contributed by atoms with Crippen molar-refractivity contribution in [3.8, 4) is 11.5 Å². The first-order valence-electron chi connectivity index (χ1n) is 13.7. The molecule has 0 aromatic heterocycles. The second kappa shape index (κ2) is 11.0. The Bertz CT molecular complexity index is 1190. The maximum Gasteiger partial charge on any atom is 0.398 e. The third-order valence-corrected chi connectivity index (χ3v) is 11.5. The van der Waals surface area contributed by atoms with Crippen LogP contribution in [0, 0.1) is 10.8 Å². The molecule has 40 heavy (non-hydrogen) atoms. The summed E-state index contributed by atoms with van der Waals surface area (Å²) in [7, 11) is -3.46. The highest BCUT2D eigenvalue weighted by molar-refractivity contribution is 7.42. The molecular formula is C32H40O6P2. The summed E-state index contributed by atoms with van der Waals surface area (Å²) >= 11 is 0. The fourth-order valence-electron chi connectivity index (χ4n) is 4.77. The minimum Gasteiger partial charge on any atom is -0.423 e. The summed E-state index contributed by atoms with van der Waals surface area (Å²) in [6.07, 6.45) is -0.415. The molecule has 0 amide bonds. The topological polar surface area (TPSA) is 55.4 Å². The lowest BCUT2D eigenvalue weighted by Crippen LogP contribution is -2.48. The molecule has 0 bridgehead atoms. The van der Waals surface area contributed by atoms with Crippen LogP contribution < -0.4 is 9.05 Å². The number of benzene rings is 3. The highest BCUT2D eigenvalue weighted by Crippen LogP contribution is 2.65. The average Bonchev–Trinajstić information content (AvgIpc) is 2.90. The van der Waals surface area contributed by atoms with E-state index in [0.717, 1.165) is 11.1 Å². The molecule has 3 aromatic carbocycles. The zero-order valence-electron chi connectivity index (χ0n) is 24.6. The SMILES string of the molecule is CC1(C)OP(Oc2ccccc2OP2O[C@@H](c3ccccc3)C(C)(C)C(C)(C)O2)O[C@@H](c2ccccc2)C1(C)C. The molecule has 3 aromatic rings. The van der Waals surface area contributed by atoms with Crippen LogP contribution in [0.25, 0.3) is 0 Å². The lowest BCUT2D eigenvalue weighted by molar-refractivity contribution is -0.130. The van der Waals surface area contributed by atoms with Gasteiger partial charge in [-0.25, -0.2) is 0 Å². The van der Waals surface area contributed by atoms with Crippen LogP contribution >= 0.6 is 17.2 Å². The smallest absolute Gasteiger partial charge is 0.398 e. The molecule has 0 N–H and O–H groups in total. The van der Waals surface area contributed by atoms with E-state index >= 15 is 0 Å². The normalized spacial score (nSPS) is 28.4. The molecule has 0 saturated carbocycles. The average molecular weight is 583 g/mol. The summed E-state index contributed by atoms with van der Waals surface area (Å²) < 4.78 is 38.7. The standard InChI is InChI=1S/C32H40O6P2/c1-29(2)27(23-17-11-9-12-18-23)35-39(37-31(29,5)6)33-25-21-15-16-22-26(25)34-40-36-28(24-19-13-10-14-20-24)30(3,4)32(7,8)38-40/h9-22,27-28H,1-8H3/t27-,28-,39?,40?/m0/s1. The van der Waals surface area contributed by atoms with E-state index in [1.54, 1.807) is 0 Å². The van der Waals surface area contributed by atoms with Gasteiger partial charge in [-0.3, -0.25) is 18.1 Å². The van der Waals surface area contributed by atoms with Crippen molar-refractivity contribution >= 4 is 17.2 Å². The van der Waals surface area contributed by atoms with E-state index in [9.17, 15) is 0 Å². The molecule has 0 radical (unpaired) electrons. The lowest BCUT2D eigenvalue weighted by Gasteiger charge is -2.51. The molecule has 2 unspecified atom stereocenters. The molecule has 0 aliphatic carbocycles. The van der Waals surface area contributed by atoms with E-state index in [2.05, 4.69) is 79.7 Å². The van der Waals surface area contributed by atoms with Gasteiger partial charge in [-0.15, -0.1) is 0 Å². The zero-order chi connectivity index (χ0) is 28.8. The van der Waals surface area contributed by atoms with Gasteiger partial charge in [0.1, 0.15) is 12.2 Å². The van der Waals surface area contributed by atoms with E-state index in [0.29, 0.717) is 11.5 Å². The van der Waals surface area contributed by atoms with Crippen LogP contribution in [0.2, 0.25) is 0 Å². The fraction of sp³-hybridized carbons (Fsp3) is 0.438. The molecule has 0 spiro atoms. The van der Waals surface area contributed by atoms with Gasteiger partial charge in [0.15, 0.2) is 11.5 Å². The lowest BCUT2D eigenvalue weighted by atomic mass is 9.71. The van der Waals surface area contributed by atoms with Crippen LogP contribution in [0.3, 0.4) is 0 Å². The molecule has 2 heterocycles. The highest BCUT2D eigenvalue weighted by Gasteiger charge is 2.55.